The third kappa shape index (κ3) is 4.59. The number of nitrogens with zero attached hydrogens (tertiary/aromatic N) is 2. The van der Waals surface area contributed by atoms with E-state index in [9.17, 15) is 4.79 Å². The van der Waals surface area contributed by atoms with Gasteiger partial charge in [-0.1, -0.05) is 0 Å². The molecule has 0 spiro atoms. The van der Waals surface area contributed by atoms with Gasteiger partial charge >= 0.3 is 0 Å². The van der Waals surface area contributed by atoms with Gasteiger partial charge in [-0.3, -0.25) is 9.69 Å². The van der Waals surface area contributed by atoms with Crippen LogP contribution in [-0.2, 0) is 9.53 Å². The smallest absolute Gasteiger partial charge is 0.236 e. The Morgan fingerprint density at radius 2 is 2.13 bits per heavy atom. The molecule has 1 N–H and O–H groups in total. The predicted octanol–water partition coefficient (Wildman–Crippen LogP) is -1.00. The summed E-state index contributed by atoms with van der Waals surface area (Å²) >= 11 is 0. The van der Waals surface area contributed by atoms with Crippen LogP contribution < -0.4 is 5.32 Å². The van der Waals surface area contributed by atoms with Gasteiger partial charge in [0.15, 0.2) is 0 Å². The van der Waals surface area contributed by atoms with Gasteiger partial charge in [0.25, 0.3) is 0 Å². The number of hydrogen-bond acceptors (Lipinski definition) is 4. The second-order valence-corrected chi connectivity index (χ2v) is 3.83. The summed E-state index contributed by atoms with van der Waals surface area (Å²) in [4.78, 5) is 15.6. The lowest BCUT2D eigenvalue weighted by molar-refractivity contribution is -0.131. The molecule has 0 aromatic heterocycles. The molecule has 1 aliphatic heterocycles. The van der Waals surface area contributed by atoms with Gasteiger partial charge in [0.2, 0.25) is 5.91 Å². The molecule has 1 heterocycles. The number of rotatable bonds is 5. The molecule has 5 nitrogen and oxygen atoms in total. The lowest BCUT2D eigenvalue weighted by atomic mass is 10.3. The second kappa shape index (κ2) is 6.76. The van der Waals surface area contributed by atoms with Crippen molar-refractivity contribution in [1.82, 2.24) is 15.1 Å². The number of carbonyl (C=O) groups excluding carboxylic acids is 1. The van der Waals surface area contributed by atoms with E-state index in [1.807, 2.05) is 7.05 Å². The van der Waals surface area contributed by atoms with Crippen LogP contribution in [0.1, 0.15) is 0 Å². The van der Waals surface area contributed by atoms with Crippen LogP contribution in [0.15, 0.2) is 0 Å². The number of methoxy groups -OCH3 is 1. The van der Waals surface area contributed by atoms with Crippen molar-refractivity contribution in [3.63, 3.8) is 0 Å². The first-order chi connectivity index (χ1) is 7.24. The molecular formula is C10H21N3O2. The van der Waals surface area contributed by atoms with Crippen LogP contribution in [-0.4, -0.2) is 75.7 Å². The molecule has 1 fully saturated rings. The molecule has 88 valence electrons. The summed E-state index contributed by atoms with van der Waals surface area (Å²) in [6.07, 6.45) is 0. The minimum atomic E-state index is 0.175. The van der Waals surface area contributed by atoms with Crippen LogP contribution in [0, 0.1) is 0 Å². The third-order valence-electron chi connectivity index (χ3n) is 2.63. The second-order valence-electron chi connectivity index (χ2n) is 3.83. The Labute approximate surface area is 91.4 Å². The van der Waals surface area contributed by atoms with E-state index in [4.69, 9.17) is 4.74 Å². The van der Waals surface area contributed by atoms with E-state index in [2.05, 4.69) is 10.2 Å². The molecule has 0 aromatic carbocycles. The highest BCUT2D eigenvalue weighted by Gasteiger charge is 2.15. The van der Waals surface area contributed by atoms with Crippen molar-refractivity contribution in [2.75, 3.05) is 60.0 Å². The number of piperazine rings is 1. The first kappa shape index (κ1) is 12.4. The monoisotopic (exact) mass is 215 g/mol. The highest BCUT2D eigenvalue weighted by molar-refractivity contribution is 5.77. The molecule has 15 heavy (non-hydrogen) atoms. The first-order valence-corrected chi connectivity index (χ1v) is 5.40. The predicted molar refractivity (Wildman–Crippen MR) is 58.8 cm³/mol. The van der Waals surface area contributed by atoms with Gasteiger partial charge in [-0.2, -0.15) is 0 Å². The maximum atomic E-state index is 11.7. The van der Waals surface area contributed by atoms with Crippen LogP contribution in [0.4, 0.5) is 0 Å². The van der Waals surface area contributed by atoms with Crippen LogP contribution in [0.2, 0.25) is 0 Å². The largest absolute Gasteiger partial charge is 0.383 e. The van der Waals surface area contributed by atoms with Crippen molar-refractivity contribution < 1.29 is 9.53 Å². The first-order valence-electron chi connectivity index (χ1n) is 5.40. The van der Waals surface area contributed by atoms with Crippen molar-refractivity contribution >= 4 is 5.91 Å². The lowest BCUT2D eigenvalue weighted by Crippen LogP contribution is -2.48. The van der Waals surface area contributed by atoms with Crippen molar-refractivity contribution in [2.24, 2.45) is 0 Å². The summed E-state index contributed by atoms with van der Waals surface area (Å²) in [5, 5.41) is 3.26. The number of carbonyl (C=O) groups is 1. The molecule has 0 aromatic rings. The van der Waals surface area contributed by atoms with Gasteiger partial charge in [0, 0.05) is 46.9 Å². The Bertz CT molecular complexity index is 193. The fourth-order valence-corrected chi connectivity index (χ4v) is 1.53. The molecular weight excluding hydrogens is 194 g/mol. The summed E-state index contributed by atoms with van der Waals surface area (Å²) in [5.74, 6) is 0.175. The van der Waals surface area contributed by atoms with Crippen molar-refractivity contribution in [1.29, 1.82) is 0 Å². The summed E-state index contributed by atoms with van der Waals surface area (Å²) in [7, 11) is 3.47. The maximum Gasteiger partial charge on any atom is 0.236 e. The van der Waals surface area contributed by atoms with E-state index in [1.165, 1.54) is 0 Å². The molecule has 0 radical (unpaired) electrons. The molecule has 1 amide bonds. The zero-order chi connectivity index (χ0) is 11.1. The van der Waals surface area contributed by atoms with Gasteiger partial charge in [-0.15, -0.1) is 0 Å². The van der Waals surface area contributed by atoms with Crippen LogP contribution >= 0.6 is 0 Å². The van der Waals surface area contributed by atoms with E-state index in [-0.39, 0.29) is 5.91 Å². The third-order valence-corrected chi connectivity index (χ3v) is 2.63. The summed E-state index contributed by atoms with van der Waals surface area (Å²) in [6, 6.07) is 0. The highest BCUT2D eigenvalue weighted by atomic mass is 16.5. The number of hydrogen-bond donors (Lipinski definition) is 1. The average molecular weight is 215 g/mol. The Kier molecular flexibility index (Phi) is 5.60. The number of nitrogens with one attached hydrogen (secondary N) is 1. The normalized spacial score (nSPS) is 17.7. The minimum Gasteiger partial charge on any atom is -0.383 e. The van der Waals surface area contributed by atoms with Gasteiger partial charge in [-0.05, 0) is 0 Å². The molecule has 1 rings (SSSR count). The summed E-state index contributed by atoms with van der Waals surface area (Å²) in [6.45, 7) is 5.69. The van der Waals surface area contributed by atoms with Gasteiger partial charge < -0.3 is 15.0 Å². The Morgan fingerprint density at radius 1 is 1.47 bits per heavy atom. The van der Waals surface area contributed by atoms with Gasteiger partial charge in [0.1, 0.15) is 0 Å². The topological polar surface area (TPSA) is 44.8 Å². The number of likely N-dealkylation sites (N-methyl/N-ethyl adjacent to an activating group) is 1. The van der Waals surface area contributed by atoms with E-state index >= 15 is 0 Å². The average Bonchev–Trinajstić information content (AvgIpc) is 2.27. The Balaban J connectivity index is 2.20. The standard InChI is InChI=1S/C10H21N3O2/c1-12(7-8-15-2)10(14)9-13-5-3-11-4-6-13/h11H,3-9H2,1-2H3. The van der Waals surface area contributed by atoms with Crippen LogP contribution in [0.3, 0.4) is 0 Å². The molecule has 0 aliphatic carbocycles. The van der Waals surface area contributed by atoms with E-state index in [0.29, 0.717) is 19.7 Å². The van der Waals surface area contributed by atoms with E-state index in [1.54, 1.807) is 12.0 Å². The van der Waals surface area contributed by atoms with Crippen LogP contribution in [0.5, 0.6) is 0 Å². The summed E-state index contributed by atoms with van der Waals surface area (Å²) in [5.41, 5.74) is 0. The fraction of sp³-hybridized carbons (Fsp3) is 0.900. The highest BCUT2D eigenvalue weighted by Crippen LogP contribution is 1.94. The van der Waals surface area contributed by atoms with Crippen molar-refractivity contribution in [3.05, 3.63) is 0 Å². The zero-order valence-electron chi connectivity index (χ0n) is 9.66. The zero-order valence-corrected chi connectivity index (χ0v) is 9.66. The van der Waals surface area contributed by atoms with Crippen molar-refractivity contribution in [3.8, 4) is 0 Å². The van der Waals surface area contributed by atoms with E-state index in [0.717, 1.165) is 26.2 Å². The lowest BCUT2D eigenvalue weighted by Gasteiger charge is -2.28. The maximum absolute atomic E-state index is 11.7. The molecule has 0 unspecified atom stereocenters. The Morgan fingerprint density at radius 3 is 2.73 bits per heavy atom. The molecule has 1 aliphatic rings. The molecule has 0 bridgehead atoms. The van der Waals surface area contributed by atoms with E-state index < -0.39 is 0 Å². The number of ether oxygens (including phenoxy) is 1. The van der Waals surface area contributed by atoms with Crippen molar-refractivity contribution in [2.45, 2.75) is 0 Å². The SMILES string of the molecule is COCCN(C)C(=O)CN1CCNCC1. The quantitative estimate of drug-likeness (QED) is 0.639. The molecule has 5 heteroatoms. The molecule has 1 saturated heterocycles. The summed E-state index contributed by atoms with van der Waals surface area (Å²) < 4.78 is 4.94. The molecule has 0 atom stereocenters. The van der Waals surface area contributed by atoms with Crippen LogP contribution in [0.25, 0.3) is 0 Å². The minimum absolute atomic E-state index is 0.175. The molecule has 0 saturated carbocycles. The fourth-order valence-electron chi connectivity index (χ4n) is 1.53. The Hall–Kier alpha value is -0.650. The van der Waals surface area contributed by atoms with Gasteiger partial charge in [0.05, 0.1) is 13.2 Å². The van der Waals surface area contributed by atoms with Gasteiger partial charge in [-0.25, -0.2) is 0 Å². The number of amides is 1.